The number of rotatable bonds is 10. The Balaban J connectivity index is 1.01. The summed E-state index contributed by atoms with van der Waals surface area (Å²) in [6.07, 6.45) is 1.86. The van der Waals surface area contributed by atoms with E-state index in [2.05, 4.69) is 244 Å². The van der Waals surface area contributed by atoms with E-state index in [0.29, 0.717) is 11.8 Å². The van der Waals surface area contributed by atoms with Crippen molar-refractivity contribution >= 4 is 132 Å². The van der Waals surface area contributed by atoms with Gasteiger partial charge in [-0.1, -0.05) is 173 Å². The summed E-state index contributed by atoms with van der Waals surface area (Å²) in [4.78, 5) is 4.83. The molecule has 0 radical (unpaired) electrons. The number of benzene rings is 12. The van der Waals surface area contributed by atoms with Gasteiger partial charge in [-0.15, -0.1) is 0 Å². The molecule has 14 aromatic rings. The van der Waals surface area contributed by atoms with Gasteiger partial charge in [0.2, 0.25) is 0 Å². The van der Waals surface area contributed by atoms with Gasteiger partial charge < -0.3 is 18.6 Å². The van der Waals surface area contributed by atoms with Crippen LogP contribution < -0.4 is 9.80 Å². The van der Waals surface area contributed by atoms with Crippen LogP contribution in [0.1, 0.15) is 38.8 Å². The lowest BCUT2D eigenvalue weighted by Crippen LogP contribution is -2.11. The second-order valence-corrected chi connectivity index (χ2v) is 20.6. The number of para-hydroxylation sites is 4. The molecule has 0 unspecified atom stereocenters. The van der Waals surface area contributed by atoms with Crippen LogP contribution in [-0.2, 0) is 12.8 Å². The van der Waals surface area contributed by atoms with Crippen molar-refractivity contribution in [3.05, 3.63) is 217 Å². The predicted octanol–water partition coefficient (Wildman–Crippen LogP) is 20.0. The Morgan fingerprint density at radius 2 is 0.694 bits per heavy atom. The monoisotopic (exact) mass is 928 g/mol. The van der Waals surface area contributed by atoms with Crippen molar-refractivity contribution in [2.24, 2.45) is 11.8 Å². The van der Waals surface area contributed by atoms with Crippen molar-refractivity contribution < 1.29 is 8.83 Å². The minimum absolute atomic E-state index is 0.475. The van der Waals surface area contributed by atoms with E-state index in [9.17, 15) is 0 Å². The Kier molecular flexibility index (Phi) is 9.69. The van der Waals surface area contributed by atoms with Gasteiger partial charge in [0.15, 0.2) is 11.2 Å². The van der Waals surface area contributed by atoms with Crippen molar-refractivity contribution in [3.63, 3.8) is 0 Å². The van der Waals surface area contributed by atoms with E-state index in [-0.39, 0.29) is 0 Å². The van der Waals surface area contributed by atoms with Crippen molar-refractivity contribution in [2.75, 3.05) is 9.80 Å². The normalized spacial score (nSPS) is 12.2. The summed E-state index contributed by atoms with van der Waals surface area (Å²) in [6.45, 7) is 9.14. The Morgan fingerprint density at radius 1 is 0.306 bits per heavy atom. The third-order valence-corrected chi connectivity index (χ3v) is 15.0. The largest absolute Gasteiger partial charge is 0.454 e. The molecule has 12 aromatic carbocycles. The molecule has 0 atom stereocenters. The number of anilines is 6. The van der Waals surface area contributed by atoms with Crippen LogP contribution >= 0.6 is 0 Å². The number of fused-ring (bicyclic) bond motifs is 10. The molecule has 72 heavy (non-hydrogen) atoms. The summed E-state index contributed by atoms with van der Waals surface area (Å²) < 4.78 is 14.5. The maximum absolute atomic E-state index is 7.24. The molecule has 0 aliphatic rings. The topological polar surface area (TPSA) is 32.8 Å². The zero-order valence-corrected chi connectivity index (χ0v) is 40.9. The van der Waals surface area contributed by atoms with Gasteiger partial charge in [-0.2, -0.15) is 0 Å². The SMILES string of the molecule is CC(C)Cc1cc2ccccc2c2c1oc1c(N(c3ccccc3)c3ccc4ccc5c(N(c6ccccc6)c6cccc7c6oc6c(CC(C)C)cc8ccccc8c67)ccc6ccc3c4c65)cccc12. The second-order valence-electron chi connectivity index (χ2n) is 20.6. The van der Waals surface area contributed by atoms with Gasteiger partial charge in [-0.25, -0.2) is 0 Å². The van der Waals surface area contributed by atoms with E-state index in [1.165, 1.54) is 75.8 Å². The lowest BCUT2D eigenvalue weighted by molar-refractivity contribution is 0.624. The van der Waals surface area contributed by atoms with E-state index in [4.69, 9.17) is 8.83 Å². The average molecular weight is 929 g/mol. The van der Waals surface area contributed by atoms with E-state index in [0.717, 1.165) is 80.1 Å². The number of hydrogen-bond donors (Lipinski definition) is 0. The molecule has 2 heterocycles. The summed E-state index contributed by atoms with van der Waals surface area (Å²) in [5.41, 5.74) is 12.5. The van der Waals surface area contributed by atoms with Gasteiger partial charge in [0.1, 0.15) is 11.2 Å². The molecule has 0 fully saturated rings. The number of nitrogens with zero attached hydrogens (tertiary/aromatic N) is 2. The number of hydrogen-bond acceptors (Lipinski definition) is 4. The lowest BCUT2D eigenvalue weighted by atomic mass is 9.91. The average Bonchev–Trinajstić information content (AvgIpc) is 4.01. The summed E-state index contributed by atoms with van der Waals surface area (Å²) in [5.74, 6) is 0.950. The predicted molar refractivity (Wildman–Crippen MR) is 306 cm³/mol. The molecule has 0 spiro atoms. The molecule has 0 saturated carbocycles. The maximum Gasteiger partial charge on any atom is 0.159 e. The van der Waals surface area contributed by atoms with Gasteiger partial charge in [0.05, 0.1) is 22.7 Å². The van der Waals surface area contributed by atoms with Gasteiger partial charge >= 0.3 is 0 Å². The van der Waals surface area contributed by atoms with Crippen LogP contribution in [-0.4, -0.2) is 0 Å². The van der Waals surface area contributed by atoms with Gasteiger partial charge in [0.25, 0.3) is 0 Å². The first-order chi connectivity index (χ1) is 35.4. The molecule has 4 nitrogen and oxygen atoms in total. The third kappa shape index (κ3) is 6.52. The molecule has 0 bridgehead atoms. The highest BCUT2D eigenvalue weighted by Gasteiger charge is 2.27. The van der Waals surface area contributed by atoms with Crippen LogP contribution in [0.25, 0.3) is 97.7 Å². The van der Waals surface area contributed by atoms with Gasteiger partial charge in [-0.3, -0.25) is 0 Å². The van der Waals surface area contributed by atoms with Crippen LogP contribution in [0.5, 0.6) is 0 Å². The van der Waals surface area contributed by atoms with Crippen LogP contribution in [0.15, 0.2) is 215 Å². The molecule has 0 aliphatic heterocycles. The minimum Gasteiger partial charge on any atom is -0.454 e. The number of furan rings is 2. The Hall–Kier alpha value is -8.60. The highest BCUT2D eigenvalue weighted by Crippen LogP contribution is 2.51. The Bertz CT molecular complexity index is 4130. The highest BCUT2D eigenvalue weighted by molar-refractivity contribution is 6.29. The summed E-state index contributed by atoms with van der Waals surface area (Å²) in [6, 6.07) is 75.5. The zero-order valence-electron chi connectivity index (χ0n) is 40.9. The molecule has 14 rings (SSSR count). The first-order valence-electron chi connectivity index (χ1n) is 25.5. The van der Waals surface area contributed by atoms with Crippen LogP contribution in [0.2, 0.25) is 0 Å². The Labute approximate surface area is 418 Å². The van der Waals surface area contributed by atoms with Gasteiger partial charge in [0, 0.05) is 43.7 Å². The fraction of sp³-hybridized carbons (Fsp3) is 0.118. The highest BCUT2D eigenvalue weighted by atomic mass is 16.3. The molecular weight excluding hydrogens is 877 g/mol. The maximum atomic E-state index is 7.24. The summed E-state index contributed by atoms with van der Waals surface area (Å²) in [7, 11) is 0. The molecule has 346 valence electrons. The summed E-state index contributed by atoms with van der Waals surface area (Å²) in [5, 5.41) is 16.7. The second kappa shape index (κ2) is 16.5. The van der Waals surface area contributed by atoms with E-state index >= 15 is 0 Å². The van der Waals surface area contributed by atoms with Gasteiger partial charge in [-0.05, 0) is 140 Å². The van der Waals surface area contributed by atoms with Crippen molar-refractivity contribution in [1.29, 1.82) is 0 Å². The fourth-order valence-corrected chi connectivity index (χ4v) is 12.1. The molecule has 0 amide bonds. The van der Waals surface area contributed by atoms with E-state index < -0.39 is 0 Å². The minimum atomic E-state index is 0.475. The molecule has 4 heteroatoms. The molecule has 2 aromatic heterocycles. The third-order valence-electron chi connectivity index (χ3n) is 15.0. The van der Waals surface area contributed by atoms with Crippen LogP contribution in [0, 0.1) is 11.8 Å². The molecule has 0 aliphatic carbocycles. The van der Waals surface area contributed by atoms with Crippen LogP contribution in [0.3, 0.4) is 0 Å². The molecular formula is C68H52N2O2. The van der Waals surface area contributed by atoms with Crippen LogP contribution in [0.4, 0.5) is 34.1 Å². The smallest absolute Gasteiger partial charge is 0.159 e. The Morgan fingerprint density at radius 3 is 1.12 bits per heavy atom. The zero-order chi connectivity index (χ0) is 48.2. The molecule has 0 saturated heterocycles. The van der Waals surface area contributed by atoms with Crippen molar-refractivity contribution in [2.45, 2.75) is 40.5 Å². The fourth-order valence-electron chi connectivity index (χ4n) is 12.1. The van der Waals surface area contributed by atoms with E-state index in [1.54, 1.807) is 0 Å². The quantitative estimate of drug-likeness (QED) is 0.128. The first-order valence-corrected chi connectivity index (χ1v) is 25.5. The van der Waals surface area contributed by atoms with E-state index in [1.807, 2.05) is 0 Å². The lowest BCUT2D eigenvalue weighted by Gasteiger charge is -2.29. The van der Waals surface area contributed by atoms with Crippen molar-refractivity contribution in [1.82, 2.24) is 0 Å². The first kappa shape index (κ1) is 42.3. The summed E-state index contributed by atoms with van der Waals surface area (Å²) >= 11 is 0. The molecule has 0 N–H and O–H groups in total. The van der Waals surface area contributed by atoms with Crippen molar-refractivity contribution in [3.8, 4) is 0 Å². The standard InChI is InChI=1S/C68H52N2O2/c1-41(2)37-47-39-45-17-11-13-23-51(45)63-55-25-15-27-59(67(55)71-65(47)63)69(49-19-7-5-8-20-49)57-35-31-43-30-34-54-58(36-32-44-29-33-53(57)61(43)62(44)54)70(50-21-9-6-10-22-50)60-28-16-26-56-64-52-24-14-12-18-46(52)40-48(38-42(3)4)66(64)72-68(56)60/h5-36,39-42H,37-38H2,1-4H3.